The van der Waals surface area contributed by atoms with Crippen LogP contribution in [0.25, 0.3) is 11.6 Å². The summed E-state index contributed by atoms with van der Waals surface area (Å²) in [4.78, 5) is 28.0. The molecule has 2 heterocycles. The van der Waals surface area contributed by atoms with Crippen LogP contribution in [0.2, 0.25) is 0 Å². The molecule has 7 heteroatoms. The van der Waals surface area contributed by atoms with Gasteiger partial charge in [-0.1, -0.05) is 60.7 Å². The summed E-state index contributed by atoms with van der Waals surface area (Å²) in [5, 5.41) is 22.0. The number of benzene rings is 2. The Hall–Kier alpha value is -3.89. The summed E-state index contributed by atoms with van der Waals surface area (Å²) in [7, 11) is 0. The molecule has 3 N–H and O–H groups in total. The van der Waals surface area contributed by atoms with Crippen LogP contribution in [0.4, 0.5) is 0 Å². The second kappa shape index (κ2) is 7.62. The summed E-state index contributed by atoms with van der Waals surface area (Å²) < 4.78 is 0.791. The molecule has 1 amide bonds. The number of hydrogen-bond donors (Lipinski definition) is 3. The van der Waals surface area contributed by atoms with Gasteiger partial charge in [0.25, 0.3) is 11.5 Å². The number of allylic oxidation sites excluding steroid dienone is 1. The molecule has 1 atom stereocenters. The van der Waals surface area contributed by atoms with Crippen molar-refractivity contribution in [2.75, 3.05) is 0 Å². The smallest absolute Gasteiger partial charge is 0.266 e. The van der Waals surface area contributed by atoms with Gasteiger partial charge in [-0.25, -0.2) is 0 Å². The van der Waals surface area contributed by atoms with E-state index in [0.29, 0.717) is 14.8 Å². The molecule has 29 heavy (non-hydrogen) atoms. The lowest BCUT2D eigenvalue weighted by atomic mass is 9.83. The minimum atomic E-state index is -0.783. The van der Waals surface area contributed by atoms with E-state index < -0.39 is 17.7 Å². The van der Waals surface area contributed by atoms with Gasteiger partial charge in [-0.3, -0.25) is 14.9 Å². The molecule has 0 bridgehead atoms. The first-order valence-corrected chi connectivity index (χ1v) is 9.59. The van der Waals surface area contributed by atoms with Gasteiger partial charge in [0, 0.05) is 0 Å². The predicted octanol–water partition coefficient (Wildman–Crippen LogP) is 1.62. The first-order chi connectivity index (χ1) is 14.1. The molecule has 1 aliphatic heterocycles. The Morgan fingerprint density at radius 2 is 1.69 bits per heavy atom. The fourth-order valence-corrected chi connectivity index (χ4v) is 4.27. The SMILES string of the molecule is N#CC1=C(O)NC(=O)/C(=c2/[nH]c(=O)/c(=C\c3ccccc3)s2)C1c1ccccc1. The summed E-state index contributed by atoms with van der Waals surface area (Å²) in [6.45, 7) is 0. The highest BCUT2D eigenvalue weighted by Gasteiger charge is 2.35. The van der Waals surface area contributed by atoms with E-state index in [-0.39, 0.29) is 16.7 Å². The molecule has 0 aliphatic carbocycles. The number of nitrogens with zero attached hydrogens (tertiary/aromatic N) is 1. The molecule has 6 nitrogen and oxygen atoms in total. The molecule has 1 unspecified atom stereocenters. The second-order valence-electron chi connectivity index (χ2n) is 6.39. The van der Waals surface area contributed by atoms with E-state index in [9.17, 15) is 20.0 Å². The molecule has 142 valence electrons. The van der Waals surface area contributed by atoms with E-state index in [1.54, 1.807) is 30.3 Å². The zero-order valence-electron chi connectivity index (χ0n) is 15.0. The molecule has 1 aliphatic rings. The number of nitriles is 1. The molecule has 1 aromatic heterocycles. The van der Waals surface area contributed by atoms with Crippen LogP contribution in [-0.2, 0) is 4.79 Å². The van der Waals surface area contributed by atoms with Gasteiger partial charge < -0.3 is 10.1 Å². The predicted molar refractivity (Wildman–Crippen MR) is 110 cm³/mol. The highest BCUT2D eigenvalue weighted by atomic mass is 32.1. The number of carbonyl (C=O) groups is 1. The van der Waals surface area contributed by atoms with Gasteiger partial charge in [-0.15, -0.1) is 11.3 Å². The first kappa shape index (κ1) is 18.5. The summed E-state index contributed by atoms with van der Waals surface area (Å²) >= 11 is 1.14. The van der Waals surface area contributed by atoms with E-state index in [2.05, 4.69) is 10.3 Å². The molecular weight excluding hydrogens is 386 g/mol. The van der Waals surface area contributed by atoms with Crippen molar-refractivity contribution in [3.8, 4) is 6.07 Å². The third kappa shape index (κ3) is 3.49. The Balaban J connectivity index is 1.99. The van der Waals surface area contributed by atoms with E-state index in [0.717, 1.165) is 16.9 Å². The van der Waals surface area contributed by atoms with Crippen LogP contribution >= 0.6 is 11.3 Å². The van der Waals surface area contributed by atoms with Gasteiger partial charge in [0.05, 0.1) is 16.0 Å². The number of aromatic amines is 1. The molecule has 0 saturated carbocycles. The quantitative estimate of drug-likeness (QED) is 0.607. The lowest BCUT2D eigenvalue weighted by molar-refractivity contribution is -0.116. The van der Waals surface area contributed by atoms with E-state index in [4.69, 9.17) is 0 Å². The summed E-state index contributed by atoms with van der Waals surface area (Å²) in [6, 6.07) is 20.3. The van der Waals surface area contributed by atoms with Gasteiger partial charge in [0.15, 0.2) is 0 Å². The Kier molecular flexibility index (Phi) is 4.85. The zero-order chi connectivity index (χ0) is 20.4. The second-order valence-corrected chi connectivity index (χ2v) is 7.44. The van der Waals surface area contributed by atoms with Crippen LogP contribution in [0.15, 0.2) is 76.9 Å². The molecule has 3 aromatic rings. The summed E-state index contributed by atoms with van der Waals surface area (Å²) in [6.07, 6.45) is 1.74. The van der Waals surface area contributed by atoms with Crippen molar-refractivity contribution in [3.63, 3.8) is 0 Å². The Bertz CT molecular complexity index is 1330. The molecule has 0 fully saturated rings. The molecule has 2 aromatic carbocycles. The van der Waals surface area contributed by atoms with E-state index in [1.807, 2.05) is 42.5 Å². The minimum Gasteiger partial charge on any atom is -0.494 e. The van der Waals surface area contributed by atoms with Crippen LogP contribution < -0.4 is 20.1 Å². The van der Waals surface area contributed by atoms with Crippen LogP contribution in [-0.4, -0.2) is 16.0 Å². The van der Waals surface area contributed by atoms with Gasteiger partial charge >= 0.3 is 0 Å². The number of aliphatic hydroxyl groups excluding tert-OH is 1. The van der Waals surface area contributed by atoms with Crippen molar-refractivity contribution in [1.29, 1.82) is 5.26 Å². The molecule has 4 rings (SSSR count). The monoisotopic (exact) mass is 401 g/mol. The fourth-order valence-electron chi connectivity index (χ4n) is 3.25. The van der Waals surface area contributed by atoms with Gasteiger partial charge in [0.1, 0.15) is 16.3 Å². The van der Waals surface area contributed by atoms with Crippen LogP contribution in [0.3, 0.4) is 0 Å². The average molecular weight is 401 g/mol. The molecule has 0 spiro atoms. The van der Waals surface area contributed by atoms with Crippen molar-refractivity contribution in [1.82, 2.24) is 10.3 Å². The third-order valence-electron chi connectivity index (χ3n) is 4.57. The van der Waals surface area contributed by atoms with Gasteiger partial charge in [0.2, 0.25) is 5.88 Å². The maximum atomic E-state index is 12.8. The maximum Gasteiger partial charge on any atom is 0.266 e. The number of aromatic nitrogens is 1. The molecule has 0 saturated heterocycles. The lowest BCUT2D eigenvalue weighted by Gasteiger charge is -2.24. The van der Waals surface area contributed by atoms with Crippen LogP contribution in [0.5, 0.6) is 0 Å². The third-order valence-corrected chi connectivity index (χ3v) is 5.62. The first-order valence-electron chi connectivity index (χ1n) is 8.78. The van der Waals surface area contributed by atoms with Crippen LogP contribution in [0.1, 0.15) is 17.0 Å². The number of thiazole rings is 1. The highest BCUT2D eigenvalue weighted by molar-refractivity contribution is 7.07. The number of amides is 1. The standard InChI is InChI=1S/C22H15N3O3S/c23-12-15-17(14-9-5-2-6-10-14)18(21(28)24-19(15)26)22-25-20(27)16(29-22)11-13-7-3-1-4-8-13/h1-11,17,26H,(H,24,28)(H,25,27)/b16-11+,22-18-. The van der Waals surface area contributed by atoms with Crippen molar-refractivity contribution in [2.45, 2.75) is 5.92 Å². The Labute approximate surface area is 169 Å². The Morgan fingerprint density at radius 3 is 2.34 bits per heavy atom. The average Bonchev–Trinajstić information content (AvgIpc) is 3.08. The van der Waals surface area contributed by atoms with E-state index in [1.165, 1.54) is 0 Å². The van der Waals surface area contributed by atoms with Crippen molar-refractivity contribution in [2.24, 2.45) is 0 Å². The summed E-state index contributed by atoms with van der Waals surface area (Å²) in [5.74, 6) is -1.81. The van der Waals surface area contributed by atoms with Crippen molar-refractivity contribution in [3.05, 3.63) is 103 Å². The number of hydrogen-bond acceptors (Lipinski definition) is 5. The van der Waals surface area contributed by atoms with Crippen molar-refractivity contribution >= 4 is 28.9 Å². The number of carbonyl (C=O) groups excluding carboxylic acids is 1. The number of nitrogens with one attached hydrogen (secondary N) is 2. The van der Waals surface area contributed by atoms with E-state index >= 15 is 0 Å². The number of aliphatic hydroxyl groups is 1. The maximum absolute atomic E-state index is 12.8. The van der Waals surface area contributed by atoms with Gasteiger partial charge in [-0.2, -0.15) is 5.26 Å². The number of H-pyrrole nitrogens is 1. The van der Waals surface area contributed by atoms with Crippen molar-refractivity contribution < 1.29 is 9.90 Å². The topological polar surface area (TPSA) is 106 Å². The lowest BCUT2D eigenvalue weighted by Crippen LogP contribution is -2.37. The largest absolute Gasteiger partial charge is 0.494 e. The number of rotatable bonds is 2. The minimum absolute atomic E-state index is 0.0219. The fraction of sp³-hybridized carbons (Fsp3) is 0.0455. The zero-order valence-corrected chi connectivity index (χ0v) is 15.9. The Morgan fingerprint density at radius 1 is 1.03 bits per heavy atom. The molecule has 0 radical (unpaired) electrons. The normalized spacial score (nSPS) is 19.1. The molecular formula is C22H15N3O3S. The summed E-state index contributed by atoms with van der Waals surface area (Å²) in [5.41, 5.74) is 1.45. The highest BCUT2D eigenvalue weighted by Crippen LogP contribution is 2.35. The van der Waals surface area contributed by atoms with Gasteiger partial charge in [-0.05, 0) is 17.2 Å². The van der Waals surface area contributed by atoms with Crippen LogP contribution in [0, 0.1) is 11.3 Å².